The Morgan fingerprint density at radius 2 is 2.10 bits per heavy atom. The maximum absolute atomic E-state index is 9.08. The van der Waals surface area contributed by atoms with Crippen LogP contribution in [-0.4, -0.2) is 42.7 Å². The summed E-state index contributed by atoms with van der Waals surface area (Å²) in [4.78, 5) is 6.55. The van der Waals surface area contributed by atoms with Crippen molar-refractivity contribution in [2.45, 2.75) is 20.4 Å². The number of hydrogen-bond donors (Lipinski definition) is 2. The lowest BCUT2D eigenvalue weighted by Gasteiger charge is -2.22. The minimum atomic E-state index is 0.138. The van der Waals surface area contributed by atoms with Gasteiger partial charge in [-0.05, 0) is 30.5 Å². The average molecular weight is 332 g/mol. The van der Waals surface area contributed by atoms with E-state index in [1.165, 1.54) is 0 Å². The Bertz CT molecular complexity index is 480. The zero-order chi connectivity index (χ0) is 15.8. The number of guanidine groups is 1. The monoisotopic (exact) mass is 331 g/mol. The van der Waals surface area contributed by atoms with Crippen LogP contribution in [0.3, 0.4) is 0 Å². The van der Waals surface area contributed by atoms with Gasteiger partial charge in [-0.25, -0.2) is 0 Å². The molecule has 0 aliphatic carbocycles. The van der Waals surface area contributed by atoms with E-state index in [0.717, 1.165) is 18.1 Å². The van der Waals surface area contributed by atoms with Crippen LogP contribution in [0, 0.1) is 5.92 Å². The molecule has 0 aliphatic rings. The predicted octanol–water partition coefficient (Wildman–Crippen LogP) is 3.02. The highest BCUT2D eigenvalue weighted by molar-refractivity contribution is 6.42. The molecular weight excluding hydrogens is 309 g/mol. The quantitative estimate of drug-likeness (QED) is 0.622. The third-order valence-corrected chi connectivity index (χ3v) is 3.70. The van der Waals surface area contributed by atoms with E-state index in [4.69, 9.17) is 28.3 Å². The smallest absolute Gasteiger partial charge is 0.193 e. The van der Waals surface area contributed by atoms with Crippen molar-refractivity contribution in [2.24, 2.45) is 10.9 Å². The zero-order valence-electron chi connectivity index (χ0n) is 12.7. The third-order valence-electron chi connectivity index (χ3n) is 2.96. The number of aliphatic imine (C=N–C) groups is 1. The molecule has 1 unspecified atom stereocenters. The number of nitrogens with zero attached hydrogens (tertiary/aromatic N) is 2. The molecule has 2 N–H and O–H groups in total. The van der Waals surface area contributed by atoms with E-state index in [1.54, 1.807) is 6.07 Å². The number of aliphatic hydroxyl groups is 1. The molecule has 118 valence electrons. The summed E-state index contributed by atoms with van der Waals surface area (Å²) in [6, 6.07) is 5.61. The van der Waals surface area contributed by atoms with E-state index in [9.17, 15) is 0 Å². The molecular formula is C15H23Cl2N3O. The van der Waals surface area contributed by atoms with Crippen LogP contribution in [0.15, 0.2) is 23.2 Å². The van der Waals surface area contributed by atoms with Gasteiger partial charge < -0.3 is 15.3 Å². The second-order valence-corrected chi connectivity index (χ2v) is 5.90. The fourth-order valence-electron chi connectivity index (χ4n) is 1.76. The molecule has 1 aromatic carbocycles. The van der Waals surface area contributed by atoms with E-state index < -0.39 is 0 Å². The van der Waals surface area contributed by atoms with E-state index >= 15 is 0 Å². The van der Waals surface area contributed by atoms with Gasteiger partial charge in [0.2, 0.25) is 0 Å². The van der Waals surface area contributed by atoms with Gasteiger partial charge in [-0.1, -0.05) is 36.2 Å². The van der Waals surface area contributed by atoms with Crippen LogP contribution in [0.1, 0.15) is 19.4 Å². The first kappa shape index (κ1) is 18.1. The van der Waals surface area contributed by atoms with Gasteiger partial charge in [0.15, 0.2) is 5.96 Å². The molecule has 1 aromatic rings. The van der Waals surface area contributed by atoms with Crippen molar-refractivity contribution >= 4 is 29.2 Å². The van der Waals surface area contributed by atoms with Gasteiger partial charge in [0.05, 0.1) is 10.0 Å². The van der Waals surface area contributed by atoms with Crippen LogP contribution in [0.25, 0.3) is 0 Å². The van der Waals surface area contributed by atoms with Crippen LogP contribution in [0.5, 0.6) is 0 Å². The van der Waals surface area contributed by atoms with Crippen LogP contribution >= 0.6 is 23.2 Å². The van der Waals surface area contributed by atoms with Gasteiger partial charge in [0.25, 0.3) is 0 Å². The van der Waals surface area contributed by atoms with Crippen LogP contribution < -0.4 is 5.32 Å². The molecule has 4 nitrogen and oxygen atoms in total. The summed E-state index contributed by atoms with van der Waals surface area (Å²) in [5, 5.41) is 13.4. The first-order valence-electron chi connectivity index (χ1n) is 7.02. The Balaban J connectivity index is 2.75. The molecule has 0 aromatic heterocycles. The number of nitrogens with one attached hydrogen (secondary N) is 1. The van der Waals surface area contributed by atoms with Crippen LogP contribution in [-0.2, 0) is 6.54 Å². The molecule has 1 rings (SSSR count). The second-order valence-electron chi connectivity index (χ2n) is 5.09. The number of aliphatic hydroxyl groups excluding tert-OH is 1. The predicted molar refractivity (Wildman–Crippen MR) is 90.2 cm³/mol. The molecule has 0 spiro atoms. The summed E-state index contributed by atoms with van der Waals surface area (Å²) in [6.07, 6.45) is 0. The molecule has 1 atom stereocenters. The molecule has 0 bridgehead atoms. The van der Waals surface area contributed by atoms with Gasteiger partial charge in [0, 0.05) is 33.3 Å². The van der Waals surface area contributed by atoms with E-state index in [0.29, 0.717) is 23.1 Å². The SMILES string of the molecule is CCNC(=NCC(C)CO)N(C)Cc1ccc(Cl)c(Cl)c1. The summed E-state index contributed by atoms with van der Waals surface area (Å²) < 4.78 is 0. The highest BCUT2D eigenvalue weighted by Crippen LogP contribution is 2.23. The van der Waals surface area contributed by atoms with E-state index in [1.807, 2.05) is 37.9 Å². The van der Waals surface area contributed by atoms with Gasteiger partial charge in [0.1, 0.15) is 0 Å². The van der Waals surface area contributed by atoms with Gasteiger partial charge in [-0.2, -0.15) is 0 Å². The highest BCUT2D eigenvalue weighted by Gasteiger charge is 2.08. The Kier molecular flexibility index (Phi) is 7.86. The molecule has 0 saturated carbocycles. The first-order valence-corrected chi connectivity index (χ1v) is 7.77. The number of hydrogen-bond acceptors (Lipinski definition) is 2. The average Bonchev–Trinajstić information content (AvgIpc) is 2.46. The van der Waals surface area contributed by atoms with Gasteiger partial charge >= 0.3 is 0 Å². The summed E-state index contributed by atoms with van der Waals surface area (Å²) in [6.45, 7) is 6.18. The van der Waals surface area contributed by atoms with Crippen molar-refractivity contribution in [3.63, 3.8) is 0 Å². The third kappa shape index (κ3) is 6.12. The Labute approximate surface area is 136 Å². The number of rotatable bonds is 6. The molecule has 0 fully saturated rings. The lowest BCUT2D eigenvalue weighted by molar-refractivity contribution is 0.241. The van der Waals surface area contributed by atoms with Gasteiger partial charge in [-0.15, -0.1) is 0 Å². The Morgan fingerprint density at radius 3 is 2.67 bits per heavy atom. The molecule has 0 saturated heterocycles. The normalized spacial score (nSPS) is 13.1. The number of halogens is 2. The summed E-state index contributed by atoms with van der Waals surface area (Å²) in [5.74, 6) is 0.959. The van der Waals surface area contributed by atoms with Crippen molar-refractivity contribution < 1.29 is 5.11 Å². The minimum absolute atomic E-state index is 0.138. The fourth-order valence-corrected chi connectivity index (χ4v) is 2.08. The van der Waals surface area contributed by atoms with Crippen molar-refractivity contribution in [3.05, 3.63) is 33.8 Å². The van der Waals surface area contributed by atoms with Crippen LogP contribution in [0.2, 0.25) is 10.0 Å². The summed E-state index contributed by atoms with van der Waals surface area (Å²) in [7, 11) is 1.97. The first-order chi connectivity index (χ1) is 9.97. The standard InChI is InChI=1S/C15H23Cl2N3O/c1-4-18-15(19-8-11(2)10-21)20(3)9-12-5-6-13(16)14(17)7-12/h5-7,11,21H,4,8-10H2,1-3H3,(H,18,19). The Hall–Kier alpha value is -0.970. The minimum Gasteiger partial charge on any atom is -0.396 e. The maximum atomic E-state index is 9.08. The summed E-state index contributed by atoms with van der Waals surface area (Å²) >= 11 is 12.0. The molecule has 21 heavy (non-hydrogen) atoms. The largest absolute Gasteiger partial charge is 0.396 e. The molecule has 0 heterocycles. The zero-order valence-corrected chi connectivity index (χ0v) is 14.2. The molecule has 6 heteroatoms. The molecule has 0 radical (unpaired) electrons. The van der Waals surface area contributed by atoms with Crippen molar-refractivity contribution in [2.75, 3.05) is 26.7 Å². The van der Waals surface area contributed by atoms with Crippen molar-refractivity contribution in [1.29, 1.82) is 0 Å². The van der Waals surface area contributed by atoms with E-state index in [2.05, 4.69) is 10.3 Å². The second kappa shape index (κ2) is 9.13. The summed E-state index contributed by atoms with van der Waals surface area (Å²) in [5.41, 5.74) is 1.06. The van der Waals surface area contributed by atoms with Crippen molar-refractivity contribution in [1.82, 2.24) is 10.2 Å². The molecule has 0 amide bonds. The van der Waals surface area contributed by atoms with Crippen LogP contribution in [0.4, 0.5) is 0 Å². The fraction of sp³-hybridized carbons (Fsp3) is 0.533. The maximum Gasteiger partial charge on any atom is 0.193 e. The van der Waals surface area contributed by atoms with Gasteiger partial charge in [-0.3, -0.25) is 4.99 Å². The van der Waals surface area contributed by atoms with Crippen molar-refractivity contribution in [3.8, 4) is 0 Å². The lowest BCUT2D eigenvalue weighted by atomic mass is 10.2. The highest BCUT2D eigenvalue weighted by atomic mass is 35.5. The Morgan fingerprint density at radius 1 is 1.38 bits per heavy atom. The molecule has 0 aliphatic heterocycles. The number of benzene rings is 1. The topological polar surface area (TPSA) is 47.9 Å². The lowest BCUT2D eigenvalue weighted by Crippen LogP contribution is -2.38. The van der Waals surface area contributed by atoms with E-state index in [-0.39, 0.29) is 12.5 Å².